The Balaban J connectivity index is 2.07. The summed E-state index contributed by atoms with van der Waals surface area (Å²) in [5.74, 6) is -0.270. The third kappa shape index (κ3) is 2.43. The zero-order valence-electron chi connectivity index (χ0n) is 14.0. The van der Waals surface area contributed by atoms with Gasteiger partial charge in [0.05, 0.1) is 6.10 Å². The third-order valence-electron chi connectivity index (χ3n) is 5.52. The molecule has 0 aromatic heterocycles. The van der Waals surface area contributed by atoms with Crippen LogP contribution in [-0.4, -0.2) is 43.0 Å². The van der Waals surface area contributed by atoms with E-state index in [4.69, 9.17) is 14.3 Å². The van der Waals surface area contributed by atoms with Gasteiger partial charge < -0.3 is 14.3 Å². The van der Waals surface area contributed by atoms with Crippen LogP contribution in [0.5, 0.6) is 0 Å². The Morgan fingerprint density at radius 3 is 3.00 bits per heavy atom. The van der Waals surface area contributed by atoms with Crippen LogP contribution in [0.15, 0.2) is 11.6 Å². The summed E-state index contributed by atoms with van der Waals surface area (Å²) in [6.07, 6.45) is 6.68. The van der Waals surface area contributed by atoms with Crippen molar-refractivity contribution in [2.24, 2.45) is 10.8 Å². The van der Waals surface area contributed by atoms with Gasteiger partial charge in [-0.1, -0.05) is 11.6 Å². The Morgan fingerprint density at radius 2 is 2.35 bits per heavy atom. The smallest absolute Gasteiger partial charge is 0.323 e. The summed E-state index contributed by atoms with van der Waals surface area (Å²) in [7, 11) is 1.67. The molecule has 2 bridgehead atoms. The largest absolute Gasteiger partial charge is 0.462 e. The number of esters is 1. The van der Waals surface area contributed by atoms with Crippen molar-refractivity contribution in [1.29, 1.82) is 0 Å². The summed E-state index contributed by atoms with van der Waals surface area (Å²) in [4.78, 5) is 18.8. The Kier molecular flexibility index (Phi) is 4.12. The van der Waals surface area contributed by atoms with Crippen LogP contribution in [0.3, 0.4) is 0 Å². The normalized spacial score (nSPS) is 38.2. The number of hydrogen-bond acceptors (Lipinski definition) is 5. The molecule has 128 valence electrons. The second kappa shape index (κ2) is 5.82. The summed E-state index contributed by atoms with van der Waals surface area (Å²) >= 11 is 0. The molecule has 6 nitrogen and oxygen atoms in total. The fourth-order valence-electron chi connectivity index (χ4n) is 4.52. The first-order valence-electron chi connectivity index (χ1n) is 8.28. The van der Waals surface area contributed by atoms with Crippen LogP contribution in [0.4, 0.5) is 0 Å². The van der Waals surface area contributed by atoms with Crippen LogP contribution in [-0.2, 0) is 19.1 Å². The number of nitrogens with zero attached hydrogens (tertiary/aromatic N) is 1. The lowest BCUT2D eigenvalue weighted by Crippen LogP contribution is -2.67. The van der Waals surface area contributed by atoms with Gasteiger partial charge in [-0.05, 0) is 46.0 Å². The van der Waals surface area contributed by atoms with Crippen LogP contribution in [0.25, 0.3) is 0 Å². The Morgan fingerprint density at radius 1 is 1.57 bits per heavy atom. The molecule has 0 amide bonds. The van der Waals surface area contributed by atoms with Crippen molar-refractivity contribution in [2.45, 2.75) is 58.2 Å². The minimum atomic E-state index is -0.883. The molecule has 4 aliphatic rings. The van der Waals surface area contributed by atoms with E-state index < -0.39 is 16.9 Å². The van der Waals surface area contributed by atoms with Crippen LogP contribution < -0.4 is 0 Å². The fraction of sp³-hybridized carbons (Fsp3) is 0.765. The molecule has 4 atom stereocenters. The fourth-order valence-corrected chi connectivity index (χ4v) is 4.52. The standard InChI is InChI=1S/C17H25NO5/c1-12(2)9-14-16(6-4-8-21-3)10-13-5-7-17(16,15(19)22-13)11-18(20)23-14/h9,11,13-14H,4-8,10H2,1-3H3/t13-,14+,16+,17+/m1/s1. The summed E-state index contributed by atoms with van der Waals surface area (Å²) < 4.78 is 10.7. The lowest BCUT2D eigenvalue weighted by molar-refractivity contribution is -0.761. The molecule has 0 unspecified atom stereocenters. The first kappa shape index (κ1) is 16.3. The predicted octanol–water partition coefficient (Wildman–Crippen LogP) is 2.36. The van der Waals surface area contributed by atoms with E-state index in [0.29, 0.717) is 17.9 Å². The molecule has 0 aromatic carbocycles. The molecule has 6 heteroatoms. The van der Waals surface area contributed by atoms with E-state index >= 15 is 0 Å². The molecule has 3 aliphatic heterocycles. The average Bonchev–Trinajstić information content (AvgIpc) is 2.47. The predicted molar refractivity (Wildman–Crippen MR) is 83.7 cm³/mol. The molecule has 4 rings (SSSR count). The Bertz CT molecular complexity index is 553. The summed E-state index contributed by atoms with van der Waals surface area (Å²) in [5.41, 5.74) is -0.241. The number of rotatable bonds is 5. The maximum absolute atomic E-state index is 12.7. The lowest BCUT2D eigenvalue weighted by atomic mass is 9.49. The Labute approximate surface area is 136 Å². The van der Waals surface area contributed by atoms with Crippen LogP contribution in [0, 0.1) is 16.0 Å². The van der Waals surface area contributed by atoms with E-state index in [1.165, 1.54) is 6.21 Å². The highest BCUT2D eigenvalue weighted by Crippen LogP contribution is 2.61. The van der Waals surface area contributed by atoms with Crippen molar-refractivity contribution in [1.82, 2.24) is 0 Å². The third-order valence-corrected chi connectivity index (χ3v) is 5.52. The van der Waals surface area contributed by atoms with E-state index in [0.717, 1.165) is 31.3 Å². The van der Waals surface area contributed by atoms with E-state index in [1.54, 1.807) is 7.11 Å². The van der Waals surface area contributed by atoms with Crippen molar-refractivity contribution >= 4 is 12.2 Å². The summed E-state index contributed by atoms with van der Waals surface area (Å²) in [6.45, 7) is 4.58. The number of carbonyl (C=O) groups is 1. The van der Waals surface area contributed by atoms with Crippen molar-refractivity contribution in [3.63, 3.8) is 0 Å². The van der Waals surface area contributed by atoms with Gasteiger partial charge >= 0.3 is 5.97 Å². The van der Waals surface area contributed by atoms with Crippen molar-refractivity contribution in [3.05, 3.63) is 16.9 Å². The summed E-state index contributed by atoms with van der Waals surface area (Å²) in [6, 6.07) is 0. The molecule has 0 N–H and O–H groups in total. The maximum Gasteiger partial charge on any atom is 0.323 e. The SMILES string of the molecule is COCCC[C@@]12C[C@H]3CC[C@]1(C=[N+]([O-])O[C@H]2C=C(C)C)C(=O)O3. The van der Waals surface area contributed by atoms with Gasteiger partial charge in [0.1, 0.15) is 6.10 Å². The zero-order chi connectivity index (χ0) is 16.7. The number of ether oxygens (including phenoxy) is 2. The molecule has 0 aromatic rings. The number of carbonyl (C=O) groups excluding carboxylic acids is 1. The van der Waals surface area contributed by atoms with Gasteiger partial charge in [0.2, 0.25) is 6.21 Å². The number of fused-ring (bicyclic) bond motifs is 2. The van der Waals surface area contributed by atoms with E-state index in [9.17, 15) is 10.0 Å². The monoisotopic (exact) mass is 323 g/mol. The summed E-state index contributed by atoms with van der Waals surface area (Å²) in [5, 5.41) is 12.1. The minimum absolute atomic E-state index is 0.0739. The van der Waals surface area contributed by atoms with Gasteiger partial charge in [0, 0.05) is 24.0 Å². The highest BCUT2D eigenvalue weighted by Gasteiger charge is 2.69. The van der Waals surface area contributed by atoms with Gasteiger partial charge in [-0.15, -0.1) is 0 Å². The van der Waals surface area contributed by atoms with Gasteiger partial charge in [0.15, 0.2) is 5.41 Å². The molecule has 0 radical (unpaired) electrons. The first-order chi connectivity index (χ1) is 10.9. The molecule has 3 heterocycles. The van der Waals surface area contributed by atoms with Gasteiger partial charge in [-0.3, -0.25) is 10.0 Å². The second-order valence-electron chi connectivity index (χ2n) is 7.18. The van der Waals surface area contributed by atoms with Crippen molar-refractivity contribution in [3.8, 4) is 0 Å². The highest BCUT2D eigenvalue weighted by molar-refractivity contribution is 5.96. The minimum Gasteiger partial charge on any atom is -0.462 e. The van der Waals surface area contributed by atoms with Gasteiger partial charge in [-0.2, -0.15) is 0 Å². The molecular formula is C17H25NO5. The van der Waals surface area contributed by atoms with Crippen molar-refractivity contribution < 1.29 is 24.0 Å². The van der Waals surface area contributed by atoms with E-state index in [1.807, 2.05) is 19.9 Å². The molecule has 23 heavy (non-hydrogen) atoms. The van der Waals surface area contributed by atoms with Crippen molar-refractivity contribution in [2.75, 3.05) is 13.7 Å². The number of allylic oxidation sites excluding steroid dienone is 1. The van der Waals surface area contributed by atoms with Gasteiger partial charge in [0.25, 0.3) is 0 Å². The zero-order valence-corrected chi connectivity index (χ0v) is 14.0. The molecule has 1 aliphatic carbocycles. The maximum atomic E-state index is 12.7. The quantitative estimate of drug-likeness (QED) is 0.336. The van der Waals surface area contributed by atoms with Gasteiger partial charge in [-0.25, -0.2) is 0 Å². The molecular weight excluding hydrogens is 298 g/mol. The second-order valence-corrected chi connectivity index (χ2v) is 7.18. The highest BCUT2D eigenvalue weighted by atomic mass is 16.9. The molecule has 2 saturated heterocycles. The average molecular weight is 323 g/mol. The van der Waals surface area contributed by atoms with Crippen LogP contribution >= 0.6 is 0 Å². The lowest BCUT2D eigenvalue weighted by Gasteiger charge is -2.59. The van der Waals surface area contributed by atoms with Crippen LogP contribution in [0.2, 0.25) is 0 Å². The van der Waals surface area contributed by atoms with E-state index in [2.05, 4.69) is 0 Å². The molecule has 3 fully saturated rings. The number of methoxy groups -OCH3 is 1. The van der Waals surface area contributed by atoms with E-state index in [-0.39, 0.29) is 12.1 Å². The molecule has 1 saturated carbocycles. The topological polar surface area (TPSA) is 70.8 Å². The molecule has 1 spiro atoms. The number of hydrogen-bond donors (Lipinski definition) is 0. The Hall–Kier alpha value is -1.56. The first-order valence-corrected chi connectivity index (χ1v) is 8.28. The van der Waals surface area contributed by atoms with Crippen LogP contribution in [0.1, 0.15) is 46.0 Å².